The van der Waals surface area contributed by atoms with Crippen LogP contribution in [0.25, 0.3) is 0 Å². The second-order valence-corrected chi connectivity index (χ2v) is 5.21. The van der Waals surface area contributed by atoms with Crippen molar-refractivity contribution in [1.82, 2.24) is 5.32 Å². The fraction of sp³-hybridized carbons (Fsp3) is 0.385. The number of likely N-dealkylation sites (N-methyl/N-ethyl adjacent to an activating group) is 1. The van der Waals surface area contributed by atoms with Gasteiger partial charge in [0.2, 0.25) is 0 Å². The van der Waals surface area contributed by atoms with Crippen LogP contribution in [0.3, 0.4) is 0 Å². The number of nitrogens with one attached hydrogen (secondary N) is 1. The Bertz CT molecular complexity index is 384. The molecule has 1 atom stereocenters. The Morgan fingerprint density at radius 3 is 2.69 bits per heavy atom. The Kier molecular flexibility index (Phi) is 5.53. The first kappa shape index (κ1) is 13.8. The van der Waals surface area contributed by atoms with E-state index < -0.39 is 0 Å². The molecule has 1 rings (SSSR count). The third kappa shape index (κ3) is 3.93. The second-order valence-electron chi connectivity index (χ2n) is 3.95. The molecular formula is C13H17BrClN. The predicted molar refractivity (Wildman–Crippen MR) is 75.0 cm³/mol. The molecule has 0 heterocycles. The molecule has 1 aromatic rings. The zero-order valence-electron chi connectivity index (χ0n) is 9.85. The summed E-state index contributed by atoms with van der Waals surface area (Å²) in [6, 6.07) is 6.31. The van der Waals surface area contributed by atoms with Crippen molar-refractivity contribution in [1.29, 1.82) is 0 Å². The van der Waals surface area contributed by atoms with Gasteiger partial charge in [-0.05, 0) is 54.0 Å². The monoisotopic (exact) mass is 301 g/mol. The van der Waals surface area contributed by atoms with Crippen LogP contribution in [0.5, 0.6) is 0 Å². The van der Waals surface area contributed by atoms with Crippen molar-refractivity contribution in [2.75, 3.05) is 6.54 Å². The van der Waals surface area contributed by atoms with Gasteiger partial charge in [0, 0.05) is 4.47 Å². The zero-order valence-corrected chi connectivity index (χ0v) is 12.2. The lowest BCUT2D eigenvalue weighted by Crippen LogP contribution is -2.19. The molecule has 1 N–H and O–H groups in total. The van der Waals surface area contributed by atoms with Gasteiger partial charge in [0.25, 0.3) is 0 Å². The molecule has 16 heavy (non-hydrogen) atoms. The highest BCUT2D eigenvalue weighted by molar-refractivity contribution is 9.10. The van der Waals surface area contributed by atoms with Gasteiger partial charge in [-0.3, -0.25) is 0 Å². The SMILES string of the molecule is CCNC(C=C(C)C)c1ccc(Br)c(Cl)c1. The normalized spacial score (nSPS) is 12.3. The van der Waals surface area contributed by atoms with Crippen molar-refractivity contribution in [3.8, 4) is 0 Å². The third-order valence-corrected chi connectivity index (χ3v) is 3.46. The van der Waals surface area contributed by atoms with Gasteiger partial charge in [-0.15, -0.1) is 0 Å². The summed E-state index contributed by atoms with van der Waals surface area (Å²) in [6.07, 6.45) is 2.21. The third-order valence-electron chi connectivity index (χ3n) is 2.23. The molecule has 0 aliphatic rings. The molecular weight excluding hydrogens is 286 g/mol. The van der Waals surface area contributed by atoms with Crippen LogP contribution in [0, 0.1) is 0 Å². The van der Waals surface area contributed by atoms with Gasteiger partial charge in [0.15, 0.2) is 0 Å². The Labute approximate surface area is 111 Å². The fourth-order valence-corrected chi connectivity index (χ4v) is 1.97. The molecule has 0 saturated heterocycles. The first-order chi connectivity index (χ1) is 7.54. The summed E-state index contributed by atoms with van der Waals surface area (Å²) in [5.74, 6) is 0. The van der Waals surface area contributed by atoms with Gasteiger partial charge in [-0.2, -0.15) is 0 Å². The highest BCUT2D eigenvalue weighted by Gasteiger charge is 2.08. The lowest BCUT2D eigenvalue weighted by atomic mass is 10.0. The summed E-state index contributed by atoms with van der Waals surface area (Å²) < 4.78 is 0.936. The topological polar surface area (TPSA) is 12.0 Å². The van der Waals surface area contributed by atoms with Gasteiger partial charge in [-0.25, -0.2) is 0 Å². The van der Waals surface area contributed by atoms with Crippen LogP contribution in [0.1, 0.15) is 32.4 Å². The fourth-order valence-electron chi connectivity index (χ4n) is 1.53. The molecule has 1 aromatic carbocycles. The summed E-state index contributed by atoms with van der Waals surface area (Å²) in [5, 5.41) is 4.18. The Morgan fingerprint density at radius 1 is 1.50 bits per heavy atom. The van der Waals surface area contributed by atoms with Crippen LogP contribution in [-0.4, -0.2) is 6.54 Å². The summed E-state index contributed by atoms with van der Waals surface area (Å²) in [6.45, 7) is 7.24. The van der Waals surface area contributed by atoms with Crippen LogP contribution in [0.2, 0.25) is 5.02 Å². The number of allylic oxidation sites excluding steroid dienone is 1. The maximum atomic E-state index is 6.10. The van der Waals surface area contributed by atoms with Crippen LogP contribution in [0.15, 0.2) is 34.3 Å². The molecule has 0 aliphatic carbocycles. The first-order valence-corrected chi connectivity index (χ1v) is 6.55. The summed E-state index contributed by atoms with van der Waals surface area (Å²) in [7, 11) is 0. The Morgan fingerprint density at radius 2 is 2.19 bits per heavy atom. The summed E-state index contributed by atoms with van der Waals surface area (Å²) in [4.78, 5) is 0. The minimum Gasteiger partial charge on any atom is -0.307 e. The predicted octanol–water partition coefficient (Wildman–Crippen LogP) is 4.72. The van der Waals surface area contributed by atoms with E-state index in [0.29, 0.717) is 0 Å². The first-order valence-electron chi connectivity index (χ1n) is 5.38. The van der Waals surface area contributed by atoms with Crippen molar-refractivity contribution < 1.29 is 0 Å². The van der Waals surface area contributed by atoms with Crippen molar-refractivity contribution in [3.05, 3.63) is 44.9 Å². The van der Waals surface area contributed by atoms with Gasteiger partial charge in [0.05, 0.1) is 11.1 Å². The van der Waals surface area contributed by atoms with Crippen LogP contribution in [-0.2, 0) is 0 Å². The molecule has 0 aliphatic heterocycles. The van der Waals surface area contributed by atoms with Crippen LogP contribution in [0.4, 0.5) is 0 Å². The van der Waals surface area contributed by atoms with E-state index in [1.54, 1.807) is 0 Å². The molecule has 0 fully saturated rings. The van der Waals surface area contributed by atoms with Gasteiger partial charge in [-0.1, -0.05) is 36.2 Å². The van der Waals surface area contributed by atoms with E-state index in [9.17, 15) is 0 Å². The molecule has 0 radical (unpaired) electrons. The Balaban J connectivity index is 3.01. The minimum absolute atomic E-state index is 0.237. The van der Waals surface area contributed by atoms with Crippen LogP contribution >= 0.6 is 27.5 Å². The largest absolute Gasteiger partial charge is 0.307 e. The highest BCUT2D eigenvalue weighted by atomic mass is 79.9. The quantitative estimate of drug-likeness (QED) is 0.794. The zero-order chi connectivity index (χ0) is 12.1. The van der Waals surface area contributed by atoms with Crippen LogP contribution < -0.4 is 5.32 Å². The van der Waals surface area contributed by atoms with E-state index in [0.717, 1.165) is 16.0 Å². The van der Waals surface area contributed by atoms with Crippen molar-refractivity contribution >= 4 is 27.5 Å². The summed E-state index contributed by atoms with van der Waals surface area (Å²) >= 11 is 9.50. The number of hydrogen-bond acceptors (Lipinski definition) is 1. The average Bonchev–Trinajstić information content (AvgIpc) is 2.21. The summed E-state index contributed by atoms with van der Waals surface area (Å²) in [5.41, 5.74) is 2.49. The van der Waals surface area contributed by atoms with Gasteiger partial charge < -0.3 is 5.32 Å². The van der Waals surface area contributed by atoms with Gasteiger partial charge in [0.1, 0.15) is 0 Å². The average molecular weight is 303 g/mol. The lowest BCUT2D eigenvalue weighted by molar-refractivity contribution is 0.645. The van der Waals surface area contributed by atoms with Crippen molar-refractivity contribution in [2.24, 2.45) is 0 Å². The van der Waals surface area contributed by atoms with E-state index in [1.807, 2.05) is 12.1 Å². The van der Waals surface area contributed by atoms with E-state index >= 15 is 0 Å². The number of benzene rings is 1. The van der Waals surface area contributed by atoms with Gasteiger partial charge >= 0.3 is 0 Å². The van der Waals surface area contributed by atoms with E-state index in [-0.39, 0.29) is 6.04 Å². The molecule has 1 unspecified atom stereocenters. The molecule has 0 bridgehead atoms. The number of rotatable bonds is 4. The maximum absolute atomic E-state index is 6.10. The lowest BCUT2D eigenvalue weighted by Gasteiger charge is -2.15. The molecule has 0 amide bonds. The molecule has 0 spiro atoms. The highest BCUT2D eigenvalue weighted by Crippen LogP contribution is 2.26. The number of hydrogen-bond donors (Lipinski definition) is 1. The molecule has 1 nitrogen and oxygen atoms in total. The molecule has 3 heteroatoms. The second kappa shape index (κ2) is 6.43. The van der Waals surface area contributed by atoms with Crippen molar-refractivity contribution in [3.63, 3.8) is 0 Å². The number of halogens is 2. The minimum atomic E-state index is 0.237. The smallest absolute Gasteiger partial charge is 0.0551 e. The Hall–Kier alpha value is -0.310. The molecule has 88 valence electrons. The maximum Gasteiger partial charge on any atom is 0.0551 e. The standard InChI is InChI=1S/C13H17BrClN/c1-4-16-13(7-9(2)3)10-5-6-11(14)12(15)8-10/h5-8,13,16H,4H2,1-3H3. The van der Waals surface area contributed by atoms with E-state index in [1.165, 1.54) is 11.1 Å². The van der Waals surface area contributed by atoms with Crippen molar-refractivity contribution in [2.45, 2.75) is 26.8 Å². The van der Waals surface area contributed by atoms with E-state index in [4.69, 9.17) is 11.6 Å². The molecule has 0 aromatic heterocycles. The van der Waals surface area contributed by atoms with E-state index in [2.05, 4.69) is 54.2 Å². The molecule has 0 saturated carbocycles.